The second-order valence-electron chi connectivity index (χ2n) is 7.43. The smallest absolute Gasteiger partial charge is 0.302 e. The zero-order chi connectivity index (χ0) is 21.7. The van der Waals surface area contributed by atoms with Crippen LogP contribution in [0.15, 0.2) is 64.2 Å². The molecule has 0 aliphatic heterocycles. The minimum atomic E-state index is -0.407. The molecule has 156 valence electrons. The molecule has 0 saturated carbocycles. The van der Waals surface area contributed by atoms with Gasteiger partial charge in [0.25, 0.3) is 5.56 Å². The number of hydrogen-bond acceptors (Lipinski definition) is 4. The molecule has 2 aromatic carbocycles. The van der Waals surface area contributed by atoms with E-state index in [1.165, 1.54) is 11.6 Å². The average Bonchev–Trinajstić information content (AvgIpc) is 3.34. The van der Waals surface area contributed by atoms with Gasteiger partial charge < -0.3 is 4.57 Å². The normalized spacial score (nSPS) is 11.6. The highest BCUT2D eigenvalue weighted by molar-refractivity contribution is 6.30. The molecule has 0 aliphatic carbocycles. The van der Waals surface area contributed by atoms with Crippen molar-refractivity contribution in [3.8, 4) is 11.4 Å². The van der Waals surface area contributed by atoms with Crippen molar-refractivity contribution in [3.63, 3.8) is 0 Å². The van der Waals surface area contributed by atoms with Crippen LogP contribution in [0.1, 0.15) is 5.56 Å². The number of halogens is 1. The van der Waals surface area contributed by atoms with Gasteiger partial charge in [0.2, 0.25) is 5.78 Å². The number of fused-ring (bicyclic) bond motifs is 3. The molecular weight excluding hydrogens is 416 g/mol. The molecule has 0 saturated heterocycles. The van der Waals surface area contributed by atoms with Crippen LogP contribution in [0.3, 0.4) is 0 Å². The number of hydrogen-bond donors (Lipinski definition) is 0. The van der Waals surface area contributed by atoms with Gasteiger partial charge in [-0.05, 0) is 36.2 Å². The summed E-state index contributed by atoms with van der Waals surface area (Å²) in [6, 6.07) is 17.2. The predicted molar refractivity (Wildman–Crippen MR) is 120 cm³/mol. The third-order valence-corrected chi connectivity index (χ3v) is 5.80. The quantitative estimate of drug-likeness (QED) is 0.435. The summed E-state index contributed by atoms with van der Waals surface area (Å²) in [7, 11) is 3.14. The summed E-state index contributed by atoms with van der Waals surface area (Å²) in [6.45, 7) is 0.517. The lowest BCUT2D eigenvalue weighted by atomic mass is 10.1. The molecule has 3 aromatic heterocycles. The fraction of sp³-hybridized carbons (Fsp3) is 0.182. The van der Waals surface area contributed by atoms with Crippen LogP contribution in [-0.4, -0.2) is 28.3 Å². The van der Waals surface area contributed by atoms with E-state index in [1.807, 2.05) is 47.0 Å². The predicted octanol–water partition coefficient (Wildman–Crippen LogP) is 2.64. The second-order valence-corrected chi connectivity index (χ2v) is 7.87. The third kappa shape index (κ3) is 2.98. The van der Waals surface area contributed by atoms with Crippen LogP contribution in [0.25, 0.3) is 28.3 Å². The standard InChI is InChI=1S/C22H19ClN6O2/c1-26-19-17(20(30)27(2)22(26)31)28(13-12-14-6-4-3-5-7-14)21-25-24-18(29(19)21)15-8-10-16(23)11-9-15/h3-11H,12-13H2,1-2H3. The van der Waals surface area contributed by atoms with E-state index in [4.69, 9.17) is 11.6 Å². The summed E-state index contributed by atoms with van der Waals surface area (Å²) >= 11 is 6.04. The minimum absolute atomic E-state index is 0.362. The molecular formula is C22H19ClN6O2. The van der Waals surface area contributed by atoms with Crippen LogP contribution in [0, 0.1) is 0 Å². The monoisotopic (exact) mass is 434 g/mol. The van der Waals surface area contributed by atoms with E-state index < -0.39 is 5.69 Å². The first-order valence-corrected chi connectivity index (χ1v) is 10.2. The van der Waals surface area contributed by atoms with E-state index in [-0.39, 0.29) is 5.56 Å². The Labute approximate surface area is 181 Å². The number of benzene rings is 2. The molecule has 0 amide bonds. The van der Waals surface area contributed by atoms with E-state index >= 15 is 0 Å². The molecule has 0 spiro atoms. The number of nitrogens with zero attached hydrogens (tertiary/aromatic N) is 6. The summed E-state index contributed by atoms with van der Waals surface area (Å²) < 4.78 is 6.20. The number of aryl methyl sites for hydroxylation is 3. The molecule has 31 heavy (non-hydrogen) atoms. The van der Waals surface area contributed by atoms with E-state index in [2.05, 4.69) is 10.2 Å². The van der Waals surface area contributed by atoms with Crippen molar-refractivity contribution in [1.82, 2.24) is 28.3 Å². The van der Waals surface area contributed by atoms with E-state index in [0.717, 1.165) is 15.7 Å². The van der Waals surface area contributed by atoms with Crippen LogP contribution in [0.5, 0.6) is 0 Å². The van der Waals surface area contributed by atoms with Crippen LogP contribution in [0.2, 0.25) is 5.02 Å². The summed E-state index contributed by atoms with van der Waals surface area (Å²) in [5.41, 5.74) is 2.04. The molecule has 8 nitrogen and oxygen atoms in total. The van der Waals surface area contributed by atoms with Gasteiger partial charge in [0, 0.05) is 31.2 Å². The van der Waals surface area contributed by atoms with Gasteiger partial charge >= 0.3 is 5.69 Å². The third-order valence-electron chi connectivity index (χ3n) is 5.55. The van der Waals surface area contributed by atoms with Crippen LogP contribution in [0.4, 0.5) is 0 Å². The fourth-order valence-corrected chi connectivity index (χ4v) is 4.06. The zero-order valence-electron chi connectivity index (χ0n) is 17.0. The largest absolute Gasteiger partial charge is 0.332 e. The number of rotatable bonds is 4. The molecule has 0 bridgehead atoms. The molecule has 3 heterocycles. The first-order chi connectivity index (χ1) is 15.0. The van der Waals surface area contributed by atoms with Crippen LogP contribution < -0.4 is 11.2 Å². The summed E-state index contributed by atoms with van der Waals surface area (Å²) in [5.74, 6) is 1.05. The topological polar surface area (TPSA) is 79.1 Å². The second kappa shape index (κ2) is 7.24. The van der Waals surface area contributed by atoms with Crippen molar-refractivity contribution in [2.24, 2.45) is 14.1 Å². The zero-order valence-corrected chi connectivity index (χ0v) is 17.7. The highest BCUT2D eigenvalue weighted by Crippen LogP contribution is 2.25. The molecule has 5 rings (SSSR count). The molecule has 0 aliphatic rings. The maximum absolute atomic E-state index is 13.1. The Bertz CT molecular complexity index is 1540. The van der Waals surface area contributed by atoms with Crippen molar-refractivity contribution in [1.29, 1.82) is 0 Å². The van der Waals surface area contributed by atoms with Crippen molar-refractivity contribution in [2.45, 2.75) is 13.0 Å². The van der Waals surface area contributed by atoms with Gasteiger partial charge in [-0.15, -0.1) is 10.2 Å². The maximum atomic E-state index is 13.1. The molecule has 0 atom stereocenters. The highest BCUT2D eigenvalue weighted by Gasteiger charge is 2.23. The molecule has 0 N–H and O–H groups in total. The Morgan fingerprint density at radius 3 is 2.32 bits per heavy atom. The summed E-state index contributed by atoms with van der Waals surface area (Å²) in [6.07, 6.45) is 0.704. The summed E-state index contributed by atoms with van der Waals surface area (Å²) in [5, 5.41) is 9.36. The van der Waals surface area contributed by atoms with Gasteiger partial charge in [0.15, 0.2) is 17.0 Å². The fourth-order valence-electron chi connectivity index (χ4n) is 3.94. The number of aromatic nitrogens is 6. The lowest BCUT2D eigenvalue weighted by Crippen LogP contribution is -2.37. The Balaban J connectivity index is 1.82. The lowest BCUT2D eigenvalue weighted by molar-refractivity contribution is 0.688. The van der Waals surface area contributed by atoms with Gasteiger partial charge in [-0.1, -0.05) is 41.9 Å². The van der Waals surface area contributed by atoms with Crippen molar-refractivity contribution in [2.75, 3.05) is 0 Å². The molecule has 0 fully saturated rings. The van der Waals surface area contributed by atoms with E-state index in [9.17, 15) is 9.59 Å². The van der Waals surface area contributed by atoms with Crippen LogP contribution >= 0.6 is 11.6 Å². The Hall–Kier alpha value is -3.65. The van der Waals surface area contributed by atoms with Gasteiger partial charge in [-0.3, -0.25) is 13.9 Å². The van der Waals surface area contributed by atoms with Gasteiger partial charge in [0.05, 0.1) is 0 Å². The summed E-state index contributed by atoms with van der Waals surface area (Å²) in [4.78, 5) is 25.8. The van der Waals surface area contributed by atoms with E-state index in [0.29, 0.717) is 40.8 Å². The van der Waals surface area contributed by atoms with Gasteiger partial charge in [-0.2, -0.15) is 0 Å². The van der Waals surface area contributed by atoms with Crippen molar-refractivity contribution in [3.05, 3.63) is 86.0 Å². The minimum Gasteiger partial charge on any atom is -0.302 e. The molecule has 5 aromatic rings. The Morgan fingerprint density at radius 1 is 0.903 bits per heavy atom. The maximum Gasteiger partial charge on any atom is 0.332 e. The molecule has 0 unspecified atom stereocenters. The van der Waals surface area contributed by atoms with Gasteiger partial charge in [-0.25, -0.2) is 9.20 Å². The van der Waals surface area contributed by atoms with Crippen molar-refractivity contribution < 1.29 is 0 Å². The molecule has 0 radical (unpaired) electrons. The Morgan fingerprint density at radius 2 is 1.61 bits per heavy atom. The lowest BCUT2D eigenvalue weighted by Gasteiger charge is -2.07. The highest BCUT2D eigenvalue weighted by atomic mass is 35.5. The van der Waals surface area contributed by atoms with E-state index in [1.54, 1.807) is 23.6 Å². The number of imidazole rings is 1. The Kier molecular flexibility index (Phi) is 4.51. The average molecular weight is 435 g/mol. The molecule has 9 heteroatoms. The first kappa shape index (κ1) is 19.3. The van der Waals surface area contributed by atoms with Crippen molar-refractivity contribution >= 4 is 28.5 Å². The first-order valence-electron chi connectivity index (χ1n) is 9.80. The SMILES string of the molecule is Cn1c(=O)c2c(n(C)c1=O)n1c(-c3ccc(Cl)cc3)nnc1n2CCc1ccccc1. The van der Waals surface area contributed by atoms with Gasteiger partial charge in [0.1, 0.15) is 0 Å². The van der Waals surface area contributed by atoms with Crippen LogP contribution in [-0.2, 0) is 27.1 Å².